The van der Waals surface area contributed by atoms with Crippen molar-refractivity contribution in [2.24, 2.45) is 0 Å². The van der Waals surface area contributed by atoms with E-state index in [2.05, 4.69) is 5.32 Å². The zero-order chi connectivity index (χ0) is 17.2. The van der Waals surface area contributed by atoms with E-state index >= 15 is 0 Å². The first-order chi connectivity index (χ1) is 11.4. The Bertz CT molecular complexity index is 838. The number of hydrogen-bond donors (Lipinski definition) is 1. The number of furan rings is 1. The number of benzene rings is 1. The number of halogens is 3. The second-order valence-electron chi connectivity index (χ2n) is 5.04. The molecule has 0 unspecified atom stereocenters. The quantitative estimate of drug-likeness (QED) is 0.722. The predicted molar refractivity (Wildman–Crippen MR) is 84.6 cm³/mol. The lowest BCUT2D eigenvalue weighted by Gasteiger charge is -2.12. The van der Waals surface area contributed by atoms with Gasteiger partial charge in [-0.25, -0.2) is 0 Å². The Balaban J connectivity index is 1.71. The molecule has 0 saturated carbocycles. The number of carbonyl (C=O) groups is 1. The molecule has 3 rings (SSSR count). The molecule has 24 heavy (non-hydrogen) atoms. The molecule has 2 aromatic heterocycles. The maximum absolute atomic E-state index is 12.9. The van der Waals surface area contributed by atoms with Crippen LogP contribution in [0.4, 0.5) is 13.2 Å². The first-order valence-corrected chi connectivity index (χ1v) is 7.87. The first kappa shape index (κ1) is 16.3. The van der Waals surface area contributed by atoms with E-state index in [9.17, 15) is 18.0 Å². The van der Waals surface area contributed by atoms with Gasteiger partial charge in [0, 0.05) is 10.4 Å². The average Bonchev–Trinajstić information content (AvgIpc) is 3.23. The van der Waals surface area contributed by atoms with Crippen molar-refractivity contribution >= 4 is 17.2 Å². The molecule has 0 atom stereocenters. The van der Waals surface area contributed by atoms with Crippen LogP contribution in [0.3, 0.4) is 0 Å². The molecule has 1 aromatic carbocycles. The summed E-state index contributed by atoms with van der Waals surface area (Å²) in [5.74, 6) is -0.749. The molecular weight excluding hydrogens is 339 g/mol. The van der Waals surface area contributed by atoms with Crippen molar-refractivity contribution < 1.29 is 22.4 Å². The minimum atomic E-state index is -4.56. The normalized spacial score (nSPS) is 11.5. The van der Waals surface area contributed by atoms with Gasteiger partial charge in [-0.3, -0.25) is 4.79 Å². The molecule has 0 radical (unpaired) electrons. The van der Waals surface area contributed by atoms with Gasteiger partial charge < -0.3 is 9.73 Å². The van der Waals surface area contributed by atoms with Crippen LogP contribution in [-0.2, 0) is 12.7 Å². The number of alkyl halides is 3. The monoisotopic (exact) mass is 351 g/mol. The van der Waals surface area contributed by atoms with Gasteiger partial charge in [0.15, 0.2) is 0 Å². The summed E-state index contributed by atoms with van der Waals surface area (Å²) in [7, 11) is 0. The van der Waals surface area contributed by atoms with E-state index in [-0.39, 0.29) is 12.1 Å². The summed E-state index contributed by atoms with van der Waals surface area (Å²) in [6, 6.07) is 8.42. The molecule has 1 amide bonds. The van der Waals surface area contributed by atoms with Crippen molar-refractivity contribution in [3.8, 4) is 11.1 Å². The smallest absolute Gasteiger partial charge is 0.417 e. The third-order valence-corrected chi connectivity index (χ3v) is 4.35. The molecule has 124 valence electrons. The van der Waals surface area contributed by atoms with E-state index in [1.54, 1.807) is 12.5 Å². The van der Waals surface area contributed by atoms with Crippen LogP contribution >= 0.6 is 11.3 Å². The van der Waals surface area contributed by atoms with Crippen LogP contribution in [0.5, 0.6) is 0 Å². The second-order valence-corrected chi connectivity index (χ2v) is 6.04. The Morgan fingerprint density at radius 2 is 1.96 bits per heavy atom. The zero-order valence-corrected chi connectivity index (χ0v) is 13.1. The van der Waals surface area contributed by atoms with Crippen molar-refractivity contribution in [3.63, 3.8) is 0 Å². The lowest BCUT2D eigenvalue weighted by Crippen LogP contribution is -2.25. The molecule has 3 nitrogen and oxygen atoms in total. The fourth-order valence-corrected chi connectivity index (χ4v) is 3.08. The largest absolute Gasteiger partial charge is 0.472 e. The molecule has 0 aliphatic carbocycles. The van der Waals surface area contributed by atoms with Crippen LogP contribution in [0.1, 0.15) is 20.8 Å². The fourth-order valence-electron chi connectivity index (χ4n) is 2.24. The van der Waals surface area contributed by atoms with Gasteiger partial charge in [0.1, 0.15) is 0 Å². The fraction of sp³-hybridized carbons (Fsp3) is 0.118. The van der Waals surface area contributed by atoms with Gasteiger partial charge in [-0.1, -0.05) is 12.1 Å². The Morgan fingerprint density at radius 1 is 1.17 bits per heavy atom. The van der Waals surface area contributed by atoms with Gasteiger partial charge in [-0.15, -0.1) is 11.3 Å². The number of nitrogens with one attached hydrogen (secondary N) is 1. The van der Waals surface area contributed by atoms with E-state index in [1.807, 2.05) is 17.5 Å². The van der Waals surface area contributed by atoms with Gasteiger partial charge in [0.2, 0.25) is 0 Å². The maximum Gasteiger partial charge on any atom is 0.417 e. The summed E-state index contributed by atoms with van der Waals surface area (Å²) in [6.45, 7) is 0.160. The number of amides is 1. The van der Waals surface area contributed by atoms with Crippen LogP contribution in [0.2, 0.25) is 0 Å². The summed E-state index contributed by atoms with van der Waals surface area (Å²) >= 11 is 1.42. The highest BCUT2D eigenvalue weighted by Crippen LogP contribution is 2.32. The number of rotatable bonds is 4. The third kappa shape index (κ3) is 3.51. The van der Waals surface area contributed by atoms with Gasteiger partial charge in [-0.05, 0) is 35.2 Å². The molecular formula is C17H12F3NO2S. The predicted octanol–water partition coefficient (Wildman–Crippen LogP) is 4.96. The highest BCUT2D eigenvalue weighted by Gasteiger charge is 2.34. The SMILES string of the molecule is O=C(NCc1cc(-c2ccoc2)cs1)c1ccccc1C(F)(F)F. The highest BCUT2D eigenvalue weighted by molar-refractivity contribution is 7.10. The molecule has 7 heteroatoms. The van der Waals surface area contributed by atoms with Gasteiger partial charge in [0.25, 0.3) is 5.91 Å². The molecule has 0 saturated heterocycles. The van der Waals surface area contributed by atoms with Gasteiger partial charge in [0.05, 0.1) is 30.2 Å². The Kier molecular flexibility index (Phi) is 4.44. The lowest BCUT2D eigenvalue weighted by molar-refractivity contribution is -0.137. The first-order valence-electron chi connectivity index (χ1n) is 6.99. The number of thiophene rings is 1. The van der Waals surface area contributed by atoms with Crippen molar-refractivity contribution in [2.75, 3.05) is 0 Å². The highest BCUT2D eigenvalue weighted by atomic mass is 32.1. The molecule has 1 N–H and O–H groups in total. The standard InChI is InChI=1S/C17H12F3NO2S/c18-17(19,20)15-4-2-1-3-14(15)16(22)21-8-13-7-12(10-24-13)11-5-6-23-9-11/h1-7,9-10H,8H2,(H,21,22). The van der Waals surface area contributed by atoms with E-state index in [4.69, 9.17) is 4.42 Å². The summed E-state index contributed by atoms with van der Waals surface area (Å²) in [4.78, 5) is 12.9. The van der Waals surface area contributed by atoms with Crippen molar-refractivity contribution in [2.45, 2.75) is 12.7 Å². The Hall–Kier alpha value is -2.54. The van der Waals surface area contributed by atoms with Gasteiger partial charge >= 0.3 is 6.18 Å². The van der Waals surface area contributed by atoms with Crippen LogP contribution < -0.4 is 5.32 Å². The van der Waals surface area contributed by atoms with Crippen molar-refractivity contribution in [1.29, 1.82) is 0 Å². The second kappa shape index (κ2) is 6.52. The summed E-state index contributed by atoms with van der Waals surface area (Å²) in [6.07, 6.45) is -1.40. The van der Waals surface area contributed by atoms with Crippen LogP contribution in [0.15, 0.2) is 58.7 Å². The Labute approximate surface area is 139 Å². The molecule has 0 bridgehead atoms. The third-order valence-electron chi connectivity index (χ3n) is 3.41. The number of carbonyl (C=O) groups excluding carboxylic acids is 1. The zero-order valence-electron chi connectivity index (χ0n) is 12.3. The molecule has 0 spiro atoms. The van der Waals surface area contributed by atoms with E-state index in [0.717, 1.165) is 22.1 Å². The van der Waals surface area contributed by atoms with Crippen molar-refractivity contribution in [3.05, 3.63) is 70.3 Å². The van der Waals surface area contributed by atoms with E-state index in [1.165, 1.54) is 29.5 Å². The number of hydrogen-bond acceptors (Lipinski definition) is 3. The molecule has 2 heterocycles. The minimum Gasteiger partial charge on any atom is -0.472 e. The van der Waals surface area contributed by atoms with Crippen LogP contribution in [0, 0.1) is 0 Å². The van der Waals surface area contributed by atoms with Crippen LogP contribution in [-0.4, -0.2) is 5.91 Å². The maximum atomic E-state index is 12.9. The van der Waals surface area contributed by atoms with E-state index in [0.29, 0.717) is 0 Å². The van der Waals surface area contributed by atoms with E-state index < -0.39 is 17.6 Å². The van der Waals surface area contributed by atoms with Crippen LogP contribution in [0.25, 0.3) is 11.1 Å². The summed E-state index contributed by atoms with van der Waals surface area (Å²) in [5, 5.41) is 4.43. The molecule has 0 aliphatic rings. The topological polar surface area (TPSA) is 42.2 Å². The summed E-state index contributed by atoms with van der Waals surface area (Å²) in [5.41, 5.74) is 0.532. The molecule has 0 aliphatic heterocycles. The lowest BCUT2D eigenvalue weighted by atomic mass is 10.1. The van der Waals surface area contributed by atoms with Crippen molar-refractivity contribution in [1.82, 2.24) is 5.32 Å². The molecule has 3 aromatic rings. The average molecular weight is 351 g/mol. The Morgan fingerprint density at radius 3 is 2.67 bits per heavy atom. The minimum absolute atomic E-state index is 0.160. The summed E-state index contributed by atoms with van der Waals surface area (Å²) < 4.78 is 43.8. The van der Waals surface area contributed by atoms with Gasteiger partial charge in [-0.2, -0.15) is 13.2 Å². The molecule has 0 fully saturated rings.